The first-order valence-corrected chi connectivity index (χ1v) is 8.17. The molecule has 24 heavy (non-hydrogen) atoms. The molecule has 134 valence electrons. The fourth-order valence-electron chi connectivity index (χ4n) is 3.14. The summed E-state index contributed by atoms with van der Waals surface area (Å²) < 4.78 is 39.6. The van der Waals surface area contributed by atoms with E-state index in [1.54, 1.807) is 6.07 Å². The van der Waals surface area contributed by atoms with Gasteiger partial charge in [0.2, 0.25) is 5.91 Å². The first-order valence-electron chi connectivity index (χ1n) is 8.17. The highest BCUT2D eigenvalue weighted by Crippen LogP contribution is 2.32. The minimum Gasteiger partial charge on any atom is -0.396 e. The summed E-state index contributed by atoms with van der Waals surface area (Å²) in [6.07, 6.45) is -0.966. The smallest absolute Gasteiger partial charge is 0.396 e. The number of aliphatic hydroxyl groups excluding tert-OH is 1. The van der Waals surface area contributed by atoms with Crippen molar-refractivity contribution in [3.8, 4) is 0 Å². The summed E-state index contributed by atoms with van der Waals surface area (Å²) in [5.41, 5.74) is 0.0729. The minimum absolute atomic E-state index is 0.0183. The fourth-order valence-corrected chi connectivity index (χ4v) is 3.14. The van der Waals surface area contributed by atoms with Crippen molar-refractivity contribution in [2.45, 2.75) is 43.9 Å². The van der Waals surface area contributed by atoms with Crippen molar-refractivity contribution >= 4 is 5.91 Å². The lowest BCUT2D eigenvalue weighted by atomic mass is 9.85. The standard InChI is InChI=1S/C17H23F3N2O2/c18-17(19,20)16(12-6-2-1-3-7-12)21-10-15(24)22-14-9-5-4-8-13(14)11-23/h1-3,6-7,13-14,16,21,23H,4-5,8-11H2,(H,22,24). The molecule has 7 heteroatoms. The molecule has 1 fully saturated rings. The SMILES string of the molecule is O=C(CNC(c1ccccc1)C(F)(F)F)NC1CCCCC1CO. The van der Waals surface area contributed by atoms with Gasteiger partial charge in [0.05, 0.1) is 6.54 Å². The summed E-state index contributed by atoms with van der Waals surface area (Å²) in [5, 5.41) is 14.4. The summed E-state index contributed by atoms with van der Waals surface area (Å²) in [4.78, 5) is 12.0. The van der Waals surface area contributed by atoms with Crippen molar-refractivity contribution in [3.63, 3.8) is 0 Å². The Bertz CT molecular complexity index is 522. The number of hydrogen-bond acceptors (Lipinski definition) is 3. The number of hydrogen-bond donors (Lipinski definition) is 3. The van der Waals surface area contributed by atoms with Crippen LogP contribution in [-0.4, -0.2) is 36.4 Å². The molecule has 3 unspecified atom stereocenters. The molecule has 1 aromatic carbocycles. The van der Waals surface area contributed by atoms with Gasteiger partial charge < -0.3 is 10.4 Å². The Hall–Kier alpha value is -1.60. The molecule has 1 amide bonds. The van der Waals surface area contributed by atoms with Gasteiger partial charge in [0.25, 0.3) is 0 Å². The molecule has 3 atom stereocenters. The van der Waals surface area contributed by atoms with E-state index in [1.807, 2.05) is 0 Å². The molecule has 3 N–H and O–H groups in total. The van der Waals surface area contributed by atoms with E-state index < -0.39 is 24.7 Å². The maximum absolute atomic E-state index is 13.2. The molecule has 0 spiro atoms. The van der Waals surface area contributed by atoms with Crippen LogP contribution in [0.4, 0.5) is 13.2 Å². The highest BCUT2D eigenvalue weighted by Gasteiger charge is 2.40. The predicted molar refractivity (Wildman–Crippen MR) is 84.2 cm³/mol. The molecule has 0 radical (unpaired) electrons. The zero-order valence-electron chi connectivity index (χ0n) is 13.4. The van der Waals surface area contributed by atoms with Crippen molar-refractivity contribution in [2.24, 2.45) is 5.92 Å². The Balaban J connectivity index is 1.93. The van der Waals surface area contributed by atoms with E-state index in [1.165, 1.54) is 24.3 Å². The van der Waals surface area contributed by atoms with Gasteiger partial charge >= 0.3 is 6.18 Å². The second-order valence-electron chi connectivity index (χ2n) is 6.17. The van der Waals surface area contributed by atoms with E-state index in [0.29, 0.717) is 0 Å². The van der Waals surface area contributed by atoms with Gasteiger partial charge in [-0.25, -0.2) is 0 Å². The molecule has 0 aromatic heterocycles. The van der Waals surface area contributed by atoms with E-state index in [9.17, 15) is 23.1 Å². The molecule has 1 aliphatic carbocycles. The number of alkyl halides is 3. The Morgan fingerprint density at radius 2 is 1.88 bits per heavy atom. The van der Waals surface area contributed by atoms with Gasteiger partial charge in [-0.3, -0.25) is 10.1 Å². The molecule has 1 aromatic rings. The number of aliphatic hydroxyl groups is 1. The van der Waals surface area contributed by atoms with Crippen LogP contribution in [0.25, 0.3) is 0 Å². The highest BCUT2D eigenvalue weighted by molar-refractivity contribution is 5.78. The van der Waals surface area contributed by atoms with Crippen LogP contribution >= 0.6 is 0 Å². The largest absolute Gasteiger partial charge is 0.407 e. The van der Waals surface area contributed by atoms with E-state index in [0.717, 1.165) is 25.7 Å². The van der Waals surface area contributed by atoms with Gasteiger partial charge in [0.15, 0.2) is 0 Å². The lowest BCUT2D eigenvalue weighted by Gasteiger charge is -2.31. The molecule has 0 heterocycles. The average Bonchev–Trinajstić information content (AvgIpc) is 2.55. The van der Waals surface area contributed by atoms with Crippen LogP contribution in [-0.2, 0) is 4.79 Å². The Morgan fingerprint density at radius 3 is 2.50 bits per heavy atom. The summed E-state index contributed by atoms with van der Waals surface area (Å²) in [5.74, 6) is -0.499. The van der Waals surface area contributed by atoms with Crippen LogP contribution in [0.15, 0.2) is 30.3 Å². The van der Waals surface area contributed by atoms with Crippen LogP contribution in [0.2, 0.25) is 0 Å². The van der Waals surface area contributed by atoms with Crippen molar-refractivity contribution in [3.05, 3.63) is 35.9 Å². The second-order valence-corrected chi connectivity index (χ2v) is 6.17. The molecule has 1 saturated carbocycles. The number of nitrogens with one attached hydrogen (secondary N) is 2. The highest BCUT2D eigenvalue weighted by atomic mass is 19.4. The molecule has 0 saturated heterocycles. The molecule has 4 nitrogen and oxygen atoms in total. The van der Waals surface area contributed by atoms with E-state index in [2.05, 4.69) is 10.6 Å². The third kappa shape index (κ3) is 5.21. The number of carbonyl (C=O) groups is 1. The number of rotatable bonds is 6. The van der Waals surface area contributed by atoms with E-state index in [4.69, 9.17) is 0 Å². The topological polar surface area (TPSA) is 61.4 Å². The normalized spacial score (nSPS) is 22.8. The molecule has 1 aliphatic rings. The first kappa shape index (κ1) is 18.7. The average molecular weight is 344 g/mol. The number of carbonyl (C=O) groups excluding carboxylic acids is 1. The Labute approximate surface area is 139 Å². The van der Waals surface area contributed by atoms with Gasteiger partial charge in [-0.2, -0.15) is 13.2 Å². The number of halogens is 3. The van der Waals surface area contributed by atoms with Gasteiger partial charge in [0, 0.05) is 18.6 Å². The van der Waals surface area contributed by atoms with Crippen molar-refractivity contribution in [1.82, 2.24) is 10.6 Å². The molecule has 0 aliphatic heterocycles. The quantitative estimate of drug-likeness (QED) is 0.743. The molecular weight excluding hydrogens is 321 g/mol. The molecule has 0 bridgehead atoms. The molecular formula is C17H23F3N2O2. The predicted octanol–water partition coefficient (Wildman–Crippen LogP) is 2.55. The van der Waals surface area contributed by atoms with Crippen LogP contribution in [0.5, 0.6) is 0 Å². The van der Waals surface area contributed by atoms with Gasteiger partial charge in [-0.05, 0) is 18.4 Å². The maximum Gasteiger partial charge on any atom is 0.407 e. The fraction of sp³-hybridized carbons (Fsp3) is 0.588. The van der Waals surface area contributed by atoms with E-state index in [-0.39, 0.29) is 24.1 Å². The van der Waals surface area contributed by atoms with Crippen molar-refractivity contribution in [1.29, 1.82) is 0 Å². The summed E-state index contributed by atoms with van der Waals surface area (Å²) in [6.45, 7) is -0.443. The summed E-state index contributed by atoms with van der Waals surface area (Å²) in [7, 11) is 0. The van der Waals surface area contributed by atoms with E-state index >= 15 is 0 Å². The minimum atomic E-state index is -4.49. The third-order valence-corrected chi connectivity index (χ3v) is 4.42. The van der Waals surface area contributed by atoms with Crippen LogP contribution in [0, 0.1) is 5.92 Å². The van der Waals surface area contributed by atoms with Crippen molar-refractivity contribution < 1.29 is 23.1 Å². The second kappa shape index (κ2) is 8.48. The Kier molecular flexibility index (Phi) is 6.62. The zero-order chi connectivity index (χ0) is 17.6. The van der Waals surface area contributed by atoms with Crippen LogP contribution in [0.3, 0.4) is 0 Å². The van der Waals surface area contributed by atoms with Gasteiger partial charge in [0.1, 0.15) is 6.04 Å². The third-order valence-electron chi connectivity index (χ3n) is 4.42. The summed E-state index contributed by atoms with van der Waals surface area (Å²) in [6, 6.07) is 5.41. The Morgan fingerprint density at radius 1 is 1.21 bits per heavy atom. The van der Waals surface area contributed by atoms with Crippen LogP contribution in [0.1, 0.15) is 37.3 Å². The van der Waals surface area contributed by atoms with Crippen LogP contribution < -0.4 is 10.6 Å². The number of amides is 1. The zero-order valence-corrected chi connectivity index (χ0v) is 13.4. The van der Waals surface area contributed by atoms with Gasteiger partial charge in [-0.1, -0.05) is 43.2 Å². The lowest BCUT2D eigenvalue weighted by molar-refractivity contribution is -0.158. The van der Waals surface area contributed by atoms with Gasteiger partial charge in [-0.15, -0.1) is 0 Å². The number of benzene rings is 1. The molecule has 2 rings (SSSR count). The first-order chi connectivity index (χ1) is 11.4. The monoisotopic (exact) mass is 344 g/mol. The summed E-state index contributed by atoms with van der Waals surface area (Å²) >= 11 is 0. The maximum atomic E-state index is 13.2. The lowest BCUT2D eigenvalue weighted by Crippen LogP contribution is -2.48. The van der Waals surface area contributed by atoms with Crippen molar-refractivity contribution in [2.75, 3.05) is 13.2 Å².